The molecule has 2 aromatic carbocycles. The molecule has 0 saturated carbocycles. The molecule has 0 amide bonds. The molecule has 0 atom stereocenters. The van der Waals surface area contributed by atoms with Crippen LogP contribution in [-0.4, -0.2) is 4.92 Å². The van der Waals surface area contributed by atoms with Gasteiger partial charge in [0.1, 0.15) is 11.6 Å². The van der Waals surface area contributed by atoms with Gasteiger partial charge in [0.25, 0.3) is 5.69 Å². The predicted octanol–water partition coefficient (Wildman–Crippen LogP) is 4.14. The minimum atomic E-state index is -0.648. The van der Waals surface area contributed by atoms with Gasteiger partial charge in [0.2, 0.25) is 0 Å². The molecular weight excluding hydrogens is 290 g/mol. The Morgan fingerprint density at radius 3 is 2.55 bits per heavy atom. The SMILES string of the molecule is O=[N+]([O-])c1ccc(F)c(NCc2ccc(Cl)cc2F)c1. The van der Waals surface area contributed by atoms with Gasteiger partial charge in [-0.25, -0.2) is 8.78 Å². The summed E-state index contributed by atoms with van der Waals surface area (Å²) >= 11 is 5.62. The van der Waals surface area contributed by atoms with Gasteiger partial charge in [0.05, 0.1) is 10.6 Å². The molecule has 7 heteroatoms. The van der Waals surface area contributed by atoms with E-state index in [4.69, 9.17) is 11.6 Å². The van der Waals surface area contributed by atoms with E-state index in [9.17, 15) is 18.9 Å². The largest absolute Gasteiger partial charge is 0.378 e. The van der Waals surface area contributed by atoms with Crippen molar-refractivity contribution < 1.29 is 13.7 Å². The van der Waals surface area contributed by atoms with Gasteiger partial charge in [-0.2, -0.15) is 0 Å². The number of non-ortho nitro benzene ring substituents is 1. The lowest BCUT2D eigenvalue weighted by atomic mass is 10.2. The van der Waals surface area contributed by atoms with Gasteiger partial charge in [-0.05, 0) is 18.2 Å². The summed E-state index contributed by atoms with van der Waals surface area (Å²) in [7, 11) is 0. The topological polar surface area (TPSA) is 55.2 Å². The highest BCUT2D eigenvalue weighted by molar-refractivity contribution is 6.30. The summed E-state index contributed by atoms with van der Waals surface area (Å²) in [4.78, 5) is 9.98. The zero-order valence-corrected chi connectivity index (χ0v) is 10.8. The molecule has 4 nitrogen and oxygen atoms in total. The Kier molecular flexibility index (Phi) is 4.14. The Labute approximate surface area is 118 Å². The number of nitro groups is 1. The lowest BCUT2D eigenvalue weighted by molar-refractivity contribution is -0.384. The predicted molar refractivity (Wildman–Crippen MR) is 71.8 cm³/mol. The summed E-state index contributed by atoms with van der Waals surface area (Å²) in [6.45, 7) is -0.0128. The number of hydrogen-bond donors (Lipinski definition) is 1. The van der Waals surface area contributed by atoms with Gasteiger partial charge < -0.3 is 5.32 Å². The molecule has 0 aromatic heterocycles. The Morgan fingerprint density at radius 2 is 1.90 bits per heavy atom. The van der Waals surface area contributed by atoms with Gasteiger partial charge >= 0.3 is 0 Å². The molecule has 0 fully saturated rings. The number of nitrogens with zero attached hydrogens (tertiary/aromatic N) is 1. The maximum Gasteiger partial charge on any atom is 0.271 e. The third kappa shape index (κ3) is 3.21. The molecule has 0 unspecified atom stereocenters. The Balaban J connectivity index is 2.18. The van der Waals surface area contributed by atoms with Crippen LogP contribution in [0.5, 0.6) is 0 Å². The van der Waals surface area contributed by atoms with Crippen LogP contribution >= 0.6 is 11.6 Å². The minimum Gasteiger partial charge on any atom is -0.378 e. The molecule has 0 radical (unpaired) electrons. The summed E-state index contributed by atoms with van der Waals surface area (Å²) in [6.07, 6.45) is 0. The molecule has 0 bridgehead atoms. The van der Waals surface area contributed by atoms with Crippen molar-refractivity contribution in [3.05, 3.63) is 68.7 Å². The number of hydrogen-bond acceptors (Lipinski definition) is 3. The quantitative estimate of drug-likeness (QED) is 0.682. The van der Waals surface area contributed by atoms with Crippen LogP contribution in [-0.2, 0) is 6.54 Å². The zero-order chi connectivity index (χ0) is 14.7. The van der Waals surface area contributed by atoms with Crippen LogP contribution in [0.25, 0.3) is 0 Å². The van der Waals surface area contributed by atoms with Crippen LogP contribution < -0.4 is 5.32 Å². The Morgan fingerprint density at radius 1 is 1.15 bits per heavy atom. The molecule has 104 valence electrons. The van der Waals surface area contributed by atoms with Crippen molar-refractivity contribution in [2.24, 2.45) is 0 Å². The molecule has 0 spiro atoms. The molecule has 0 aliphatic heterocycles. The van der Waals surface area contributed by atoms with Crippen LogP contribution in [0.1, 0.15) is 5.56 Å². The fraction of sp³-hybridized carbons (Fsp3) is 0.0769. The normalized spacial score (nSPS) is 10.3. The number of halogens is 3. The molecule has 20 heavy (non-hydrogen) atoms. The first kappa shape index (κ1) is 14.2. The third-order valence-corrected chi connectivity index (χ3v) is 2.88. The van der Waals surface area contributed by atoms with Gasteiger partial charge in [0.15, 0.2) is 0 Å². The lowest BCUT2D eigenvalue weighted by Gasteiger charge is -2.08. The van der Waals surface area contributed by atoms with E-state index in [2.05, 4.69) is 5.32 Å². The van der Waals surface area contributed by atoms with E-state index < -0.39 is 16.6 Å². The van der Waals surface area contributed by atoms with Crippen molar-refractivity contribution in [3.63, 3.8) is 0 Å². The Hall–Kier alpha value is -2.21. The highest BCUT2D eigenvalue weighted by atomic mass is 35.5. The van der Waals surface area contributed by atoms with Gasteiger partial charge in [-0.15, -0.1) is 0 Å². The first-order valence-corrected chi connectivity index (χ1v) is 5.97. The second kappa shape index (κ2) is 5.83. The average Bonchev–Trinajstić information content (AvgIpc) is 2.39. The van der Waals surface area contributed by atoms with Gasteiger partial charge in [-0.3, -0.25) is 10.1 Å². The van der Waals surface area contributed by atoms with E-state index in [1.165, 1.54) is 12.1 Å². The van der Waals surface area contributed by atoms with Crippen molar-refractivity contribution in [1.82, 2.24) is 0 Å². The monoisotopic (exact) mass is 298 g/mol. The maximum atomic E-state index is 13.5. The second-order valence-corrected chi connectivity index (χ2v) is 4.45. The smallest absolute Gasteiger partial charge is 0.271 e. The highest BCUT2D eigenvalue weighted by Gasteiger charge is 2.11. The van der Waals surface area contributed by atoms with Crippen LogP contribution in [0.4, 0.5) is 20.2 Å². The third-order valence-electron chi connectivity index (χ3n) is 2.65. The number of benzene rings is 2. The Bertz CT molecular complexity index is 665. The van der Waals surface area contributed by atoms with Crippen LogP contribution in [0.2, 0.25) is 5.02 Å². The number of nitro benzene ring substituents is 1. The van der Waals surface area contributed by atoms with E-state index in [-0.39, 0.29) is 28.5 Å². The minimum absolute atomic E-state index is 0.0128. The van der Waals surface area contributed by atoms with Crippen LogP contribution in [0, 0.1) is 21.7 Å². The first-order valence-electron chi connectivity index (χ1n) is 5.59. The molecule has 2 aromatic rings. The number of anilines is 1. The summed E-state index contributed by atoms with van der Waals surface area (Å²) in [6, 6.07) is 7.21. The molecule has 1 N–H and O–H groups in total. The standard InChI is InChI=1S/C13H9ClF2N2O2/c14-9-2-1-8(12(16)5-9)7-17-13-6-10(18(19)20)3-4-11(13)15/h1-6,17H,7H2. The zero-order valence-electron chi connectivity index (χ0n) is 10.1. The van der Waals surface area contributed by atoms with Crippen LogP contribution in [0.3, 0.4) is 0 Å². The van der Waals surface area contributed by atoms with Gasteiger partial charge in [0, 0.05) is 29.3 Å². The fourth-order valence-electron chi connectivity index (χ4n) is 1.62. The van der Waals surface area contributed by atoms with Crippen molar-refractivity contribution >= 4 is 23.0 Å². The lowest BCUT2D eigenvalue weighted by Crippen LogP contribution is -2.04. The highest BCUT2D eigenvalue weighted by Crippen LogP contribution is 2.22. The number of nitrogens with one attached hydrogen (secondary N) is 1. The molecular formula is C13H9ClF2N2O2. The first-order chi connectivity index (χ1) is 9.47. The van der Waals surface area contributed by atoms with E-state index in [1.54, 1.807) is 0 Å². The van der Waals surface area contributed by atoms with Crippen molar-refractivity contribution in [1.29, 1.82) is 0 Å². The second-order valence-electron chi connectivity index (χ2n) is 4.01. The van der Waals surface area contributed by atoms with Crippen LogP contribution in [0.15, 0.2) is 36.4 Å². The summed E-state index contributed by atoms with van der Waals surface area (Å²) < 4.78 is 27.0. The average molecular weight is 299 g/mol. The summed E-state index contributed by atoms with van der Waals surface area (Å²) in [5.74, 6) is -1.18. The fourth-order valence-corrected chi connectivity index (χ4v) is 1.78. The van der Waals surface area contributed by atoms with Crippen molar-refractivity contribution in [2.75, 3.05) is 5.32 Å². The molecule has 2 rings (SSSR count). The summed E-state index contributed by atoms with van der Waals surface area (Å²) in [5.41, 5.74) is -0.0284. The molecule has 0 saturated heterocycles. The van der Waals surface area contributed by atoms with E-state index >= 15 is 0 Å². The van der Waals surface area contributed by atoms with E-state index in [0.717, 1.165) is 24.3 Å². The molecule has 0 aliphatic rings. The summed E-state index contributed by atoms with van der Waals surface area (Å²) in [5, 5.41) is 13.5. The maximum absolute atomic E-state index is 13.5. The van der Waals surface area contributed by atoms with E-state index in [1.807, 2.05) is 0 Å². The molecule has 0 aliphatic carbocycles. The molecule has 0 heterocycles. The van der Waals surface area contributed by atoms with Crippen molar-refractivity contribution in [2.45, 2.75) is 6.54 Å². The number of rotatable bonds is 4. The van der Waals surface area contributed by atoms with Crippen molar-refractivity contribution in [3.8, 4) is 0 Å². The van der Waals surface area contributed by atoms with Gasteiger partial charge in [-0.1, -0.05) is 17.7 Å². The van der Waals surface area contributed by atoms with E-state index in [0.29, 0.717) is 0 Å².